The third-order valence-electron chi connectivity index (χ3n) is 6.33. The molecule has 1 aromatic rings. The van der Waals surface area contributed by atoms with Crippen LogP contribution in [0.15, 0.2) is 24.3 Å². The molecule has 8 nitrogen and oxygen atoms in total. The van der Waals surface area contributed by atoms with Gasteiger partial charge in [0.15, 0.2) is 0 Å². The fraction of sp³-hybridized carbons (Fsp3) is 0.636. The van der Waals surface area contributed by atoms with Gasteiger partial charge in [-0.3, -0.25) is 9.69 Å². The summed E-state index contributed by atoms with van der Waals surface area (Å²) in [6.07, 6.45) is 2.42. The van der Waals surface area contributed by atoms with Crippen molar-refractivity contribution >= 4 is 17.6 Å². The lowest BCUT2D eigenvalue weighted by Gasteiger charge is -2.43. The standard InChI is InChI=1S/C22H34N4O4/c1-4-22(2,25-12-14-30-15-13-25)16-23-21(28)26-11-5-6-19(26)20(27)24-17-7-9-18(29-3)10-8-17/h7-10,19H,4-6,11-16H2,1-3H3,(H,23,28)(H,24,27)/t19-,22-/m0/s1. The molecule has 1 aromatic carbocycles. The highest BCUT2D eigenvalue weighted by molar-refractivity contribution is 5.97. The molecule has 0 aromatic heterocycles. The Hall–Kier alpha value is -2.32. The molecule has 0 bridgehead atoms. The highest BCUT2D eigenvalue weighted by Gasteiger charge is 2.36. The van der Waals surface area contributed by atoms with Gasteiger partial charge in [-0.05, 0) is 50.5 Å². The van der Waals surface area contributed by atoms with Crippen LogP contribution in [-0.2, 0) is 9.53 Å². The lowest BCUT2D eigenvalue weighted by molar-refractivity contribution is -0.119. The molecule has 2 N–H and O–H groups in total. The Bertz CT molecular complexity index is 720. The number of urea groups is 1. The van der Waals surface area contributed by atoms with E-state index < -0.39 is 6.04 Å². The fourth-order valence-corrected chi connectivity index (χ4v) is 4.11. The van der Waals surface area contributed by atoms with Gasteiger partial charge in [0.2, 0.25) is 5.91 Å². The number of anilines is 1. The van der Waals surface area contributed by atoms with Crippen LogP contribution in [0.25, 0.3) is 0 Å². The van der Waals surface area contributed by atoms with E-state index in [9.17, 15) is 9.59 Å². The Morgan fingerprint density at radius 1 is 1.20 bits per heavy atom. The van der Waals surface area contributed by atoms with Crippen molar-refractivity contribution in [1.29, 1.82) is 0 Å². The normalized spacial score (nSPS) is 21.7. The zero-order chi connectivity index (χ0) is 21.6. The average Bonchev–Trinajstić information content (AvgIpc) is 3.28. The number of likely N-dealkylation sites (tertiary alicyclic amines) is 1. The Morgan fingerprint density at radius 2 is 1.90 bits per heavy atom. The Morgan fingerprint density at radius 3 is 2.53 bits per heavy atom. The van der Waals surface area contributed by atoms with Gasteiger partial charge >= 0.3 is 6.03 Å². The molecule has 8 heteroatoms. The highest BCUT2D eigenvalue weighted by atomic mass is 16.5. The second kappa shape index (κ2) is 10.1. The zero-order valence-electron chi connectivity index (χ0n) is 18.3. The molecule has 2 aliphatic heterocycles. The van der Waals surface area contributed by atoms with Crippen LogP contribution in [0.5, 0.6) is 5.75 Å². The van der Waals surface area contributed by atoms with E-state index in [2.05, 4.69) is 29.4 Å². The van der Waals surface area contributed by atoms with E-state index >= 15 is 0 Å². The lowest BCUT2D eigenvalue weighted by Crippen LogP contribution is -2.58. The molecule has 0 saturated carbocycles. The molecule has 0 radical (unpaired) electrons. The molecule has 2 heterocycles. The minimum absolute atomic E-state index is 0.125. The van der Waals surface area contributed by atoms with E-state index in [0.717, 1.165) is 44.9 Å². The number of ether oxygens (including phenoxy) is 2. The molecular formula is C22H34N4O4. The molecule has 30 heavy (non-hydrogen) atoms. The van der Waals surface area contributed by atoms with Gasteiger partial charge in [0, 0.05) is 37.4 Å². The van der Waals surface area contributed by atoms with Crippen molar-refractivity contribution in [2.45, 2.75) is 44.7 Å². The fourth-order valence-electron chi connectivity index (χ4n) is 4.11. The Kier molecular flexibility index (Phi) is 7.55. The van der Waals surface area contributed by atoms with Crippen molar-refractivity contribution in [3.8, 4) is 5.75 Å². The van der Waals surface area contributed by atoms with Crippen LogP contribution in [0.1, 0.15) is 33.1 Å². The van der Waals surface area contributed by atoms with Crippen molar-refractivity contribution in [3.63, 3.8) is 0 Å². The summed E-state index contributed by atoms with van der Waals surface area (Å²) in [5.74, 6) is 0.577. The van der Waals surface area contributed by atoms with Gasteiger partial charge in [-0.25, -0.2) is 4.79 Å². The maximum absolute atomic E-state index is 12.9. The number of amides is 3. The van der Waals surface area contributed by atoms with Crippen LogP contribution in [0.3, 0.4) is 0 Å². The maximum atomic E-state index is 12.9. The first kappa shape index (κ1) is 22.4. The van der Waals surface area contributed by atoms with E-state index in [1.807, 2.05) is 0 Å². The van der Waals surface area contributed by atoms with E-state index in [1.54, 1.807) is 36.3 Å². The van der Waals surface area contributed by atoms with E-state index in [1.165, 1.54) is 0 Å². The predicted octanol–water partition coefficient (Wildman–Crippen LogP) is 2.31. The summed E-state index contributed by atoms with van der Waals surface area (Å²) < 4.78 is 10.6. The van der Waals surface area contributed by atoms with Crippen molar-refractivity contribution in [2.24, 2.45) is 0 Å². The first-order valence-corrected chi connectivity index (χ1v) is 10.8. The second-order valence-corrected chi connectivity index (χ2v) is 8.18. The monoisotopic (exact) mass is 418 g/mol. The van der Waals surface area contributed by atoms with Gasteiger partial charge in [-0.2, -0.15) is 0 Å². The Balaban J connectivity index is 1.56. The van der Waals surface area contributed by atoms with Crippen LogP contribution in [0.2, 0.25) is 0 Å². The minimum Gasteiger partial charge on any atom is -0.497 e. The number of nitrogens with one attached hydrogen (secondary N) is 2. The number of carbonyl (C=O) groups is 2. The van der Waals surface area contributed by atoms with Crippen LogP contribution in [0, 0.1) is 0 Å². The third-order valence-corrected chi connectivity index (χ3v) is 6.33. The molecule has 3 amide bonds. The molecule has 2 atom stereocenters. The van der Waals surface area contributed by atoms with Crippen molar-refractivity contribution < 1.29 is 19.1 Å². The topological polar surface area (TPSA) is 83.1 Å². The highest BCUT2D eigenvalue weighted by Crippen LogP contribution is 2.23. The molecule has 0 unspecified atom stereocenters. The lowest BCUT2D eigenvalue weighted by atomic mass is 9.95. The molecular weight excluding hydrogens is 384 g/mol. The molecule has 2 aliphatic rings. The smallest absolute Gasteiger partial charge is 0.318 e. The van der Waals surface area contributed by atoms with Crippen LogP contribution < -0.4 is 15.4 Å². The van der Waals surface area contributed by atoms with Gasteiger partial charge in [0.1, 0.15) is 11.8 Å². The van der Waals surface area contributed by atoms with Crippen LogP contribution in [-0.4, -0.2) is 79.8 Å². The van der Waals surface area contributed by atoms with Crippen molar-refractivity contribution in [1.82, 2.24) is 15.1 Å². The number of hydrogen-bond donors (Lipinski definition) is 2. The van der Waals surface area contributed by atoms with E-state index in [-0.39, 0.29) is 17.5 Å². The summed E-state index contributed by atoms with van der Waals surface area (Å²) in [5, 5.41) is 6.00. The molecule has 2 fully saturated rings. The first-order chi connectivity index (χ1) is 14.5. The van der Waals surface area contributed by atoms with Crippen molar-refractivity contribution in [2.75, 3.05) is 51.8 Å². The average molecular weight is 419 g/mol. The number of nitrogens with zero attached hydrogens (tertiary/aromatic N) is 2. The van der Waals surface area contributed by atoms with Gasteiger partial charge in [-0.1, -0.05) is 6.92 Å². The zero-order valence-corrected chi connectivity index (χ0v) is 18.3. The maximum Gasteiger partial charge on any atom is 0.318 e. The number of morpholine rings is 1. The third kappa shape index (κ3) is 5.23. The van der Waals surface area contributed by atoms with Crippen LogP contribution in [0.4, 0.5) is 10.5 Å². The molecule has 3 rings (SSSR count). The first-order valence-electron chi connectivity index (χ1n) is 10.8. The summed E-state index contributed by atoms with van der Waals surface area (Å²) in [6.45, 7) is 8.65. The number of carbonyl (C=O) groups excluding carboxylic acids is 2. The summed E-state index contributed by atoms with van der Waals surface area (Å²) in [7, 11) is 1.60. The largest absolute Gasteiger partial charge is 0.497 e. The van der Waals surface area contributed by atoms with E-state index in [4.69, 9.17) is 9.47 Å². The van der Waals surface area contributed by atoms with Crippen LogP contribution >= 0.6 is 0 Å². The summed E-state index contributed by atoms with van der Waals surface area (Å²) >= 11 is 0. The summed E-state index contributed by atoms with van der Waals surface area (Å²) in [4.78, 5) is 29.8. The quantitative estimate of drug-likeness (QED) is 0.710. The van der Waals surface area contributed by atoms with Gasteiger partial charge < -0.3 is 25.0 Å². The predicted molar refractivity (Wildman–Crippen MR) is 116 cm³/mol. The molecule has 166 valence electrons. The number of hydrogen-bond acceptors (Lipinski definition) is 5. The molecule has 2 saturated heterocycles. The minimum atomic E-state index is -0.455. The Labute approximate surface area is 178 Å². The summed E-state index contributed by atoms with van der Waals surface area (Å²) in [6, 6.07) is 6.56. The molecule has 0 aliphatic carbocycles. The van der Waals surface area contributed by atoms with Gasteiger partial charge in [-0.15, -0.1) is 0 Å². The number of rotatable bonds is 7. The SMILES string of the molecule is CC[C@@](C)(CNC(=O)N1CCC[C@H]1C(=O)Nc1ccc(OC)cc1)N1CCOCC1. The summed E-state index contributed by atoms with van der Waals surface area (Å²) in [5.41, 5.74) is 0.568. The van der Waals surface area contributed by atoms with Gasteiger partial charge in [0.25, 0.3) is 0 Å². The second-order valence-electron chi connectivity index (χ2n) is 8.18. The van der Waals surface area contributed by atoms with Gasteiger partial charge in [0.05, 0.1) is 20.3 Å². The molecule has 0 spiro atoms. The van der Waals surface area contributed by atoms with E-state index in [0.29, 0.717) is 25.2 Å². The van der Waals surface area contributed by atoms with Crippen molar-refractivity contribution in [3.05, 3.63) is 24.3 Å². The number of methoxy groups -OCH3 is 1. The number of benzene rings is 1.